The quantitative estimate of drug-likeness (QED) is 0.861. The Bertz CT molecular complexity index is 487. The summed E-state index contributed by atoms with van der Waals surface area (Å²) in [6.45, 7) is 4.05. The number of fused-ring (bicyclic) bond motifs is 1. The first kappa shape index (κ1) is 14.1. The van der Waals surface area contributed by atoms with Crippen LogP contribution in [0.4, 0.5) is 0 Å². The molecule has 0 fully saturated rings. The molecule has 102 valence electrons. The molecule has 1 aromatic heterocycles. The molecule has 1 N–H and O–H groups in total. The van der Waals surface area contributed by atoms with Crippen molar-refractivity contribution in [1.29, 1.82) is 5.26 Å². The van der Waals surface area contributed by atoms with E-state index in [1.807, 2.05) is 19.9 Å². The number of aryl methyl sites for hydroxylation is 2. The van der Waals surface area contributed by atoms with Crippen molar-refractivity contribution < 1.29 is 4.79 Å². The van der Waals surface area contributed by atoms with Gasteiger partial charge in [0.2, 0.25) is 0 Å². The highest BCUT2D eigenvalue weighted by molar-refractivity contribution is 7.14. The van der Waals surface area contributed by atoms with Crippen LogP contribution in [0.2, 0.25) is 0 Å². The van der Waals surface area contributed by atoms with Gasteiger partial charge < -0.3 is 5.32 Å². The Kier molecular flexibility index (Phi) is 4.26. The molecule has 19 heavy (non-hydrogen) atoms. The Balaban J connectivity index is 2.02. The first-order valence-corrected chi connectivity index (χ1v) is 7.64. The van der Waals surface area contributed by atoms with E-state index in [9.17, 15) is 4.79 Å². The number of rotatable bonds is 3. The Morgan fingerprint density at radius 3 is 2.89 bits per heavy atom. The number of carbonyl (C=O) groups is 1. The fraction of sp³-hybridized carbons (Fsp3) is 0.600. The molecule has 2 rings (SSSR count). The molecule has 3 nitrogen and oxygen atoms in total. The standard InChI is InChI=1S/C15H20N2OS/c1-15(2,9-16)10-17-14(18)13-8-11-6-4-3-5-7-12(11)19-13/h8H,3-7,10H2,1-2H3,(H,17,18). The Morgan fingerprint density at radius 1 is 1.42 bits per heavy atom. The van der Waals surface area contributed by atoms with Crippen LogP contribution in [0.3, 0.4) is 0 Å². The topological polar surface area (TPSA) is 52.9 Å². The smallest absolute Gasteiger partial charge is 0.261 e. The second-order valence-electron chi connectivity index (χ2n) is 5.80. The first-order valence-electron chi connectivity index (χ1n) is 6.83. The molecule has 1 heterocycles. The number of thiophene rings is 1. The highest BCUT2D eigenvalue weighted by Crippen LogP contribution is 2.29. The van der Waals surface area contributed by atoms with Crippen LogP contribution in [0.1, 0.15) is 53.2 Å². The second kappa shape index (κ2) is 5.75. The van der Waals surface area contributed by atoms with Gasteiger partial charge >= 0.3 is 0 Å². The summed E-state index contributed by atoms with van der Waals surface area (Å²) in [5, 5.41) is 11.8. The predicted octanol–water partition coefficient (Wildman–Crippen LogP) is 3.30. The largest absolute Gasteiger partial charge is 0.350 e. The van der Waals surface area contributed by atoms with Crippen molar-refractivity contribution in [2.75, 3.05) is 6.54 Å². The summed E-state index contributed by atoms with van der Waals surface area (Å²) >= 11 is 1.62. The summed E-state index contributed by atoms with van der Waals surface area (Å²) in [4.78, 5) is 14.3. The van der Waals surface area contributed by atoms with E-state index in [4.69, 9.17) is 5.26 Å². The lowest BCUT2D eigenvalue weighted by Crippen LogP contribution is -2.32. The van der Waals surface area contributed by atoms with E-state index in [-0.39, 0.29) is 5.91 Å². The van der Waals surface area contributed by atoms with Crippen molar-refractivity contribution in [1.82, 2.24) is 5.32 Å². The van der Waals surface area contributed by atoms with Gasteiger partial charge in [-0.15, -0.1) is 11.3 Å². The minimum atomic E-state index is -0.510. The van der Waals surface area contributed by atoms with Crippen molar-refractivity contribution in [3.63, 3.8) is 0 Å². The molecule has 0 bridgehead atoms. The van der Waals surface area contributed by atoms with Gasteiger partial charge in [-0.1, -0.05) is 6.42 Å². The zero-order valence-electron chi connectivity index (χ0n) is 11.6. The number of carbonyl (C=O) groups excluding carboxylic acids is 1. The molecule has 1 aromatic rings. The zero-order valence-corrected chi connectivity index (χ0v) is 12.4. The molecule has 0 unspecified atom stereocenters. The van der Waals surface area contributed by atoms with Gasteiger partial charge in [0.25, 0.3) is 5.91 Å². The SMILES string of the molecule is CC(C)(C#N)CNC(=O)c1cc2c(s1)CCCCC2. The molecular weight excluding hydrogens is 256 g/mol. The van der Waals surface area contributed by atoms with Gasteiger partial charge in [0, 0.05) is 11.4 Å². The summed E-state index contributed by atoms with van der Waals surface area (Å²) < 4.78 is 0. The molecule has 0 radical (unpaired) electrons. The molecule has 0 aliphatic heterocycles. The maximum Gasteiger partial charge on any atom is 0.261 e. The molecule has 0 atom stereocenters. The Hall–Kier alpha value is -1.34. The van der Waals surface area contributed by atoms with E-state index < -0.39 is 5.41 Å². The van der Waals surface area contributed by atoms with Crippen molar-refractivity contribution in [2.45, 2.75) is 46.0 Å². The van der Waals surface area contributed by atoms with Crippen molar-refractivity contribution in [2.24, 2.45) is 5.41 Å². The predicted molar refractivity (Wildman–Crippen MR) is 77.3 cm³/mol. The van der Waals surface area contributed by atoms with E-state index in [1.54, 1.807) is 11.3 Å². The average Bonchev–Trinajstić information content (AvgIpc) is 2.68. The van der Waals surface area contributed by atoms with Gasteiger partial charge in [-0.3, -0.25) is 4.79 Å². The molecule has 0 spiro atoms. The fourth-order valence-electron chi connectivity index (χ4n) is 2.21. The number of hydrogen-bond acceptors (Lipinski definition) is 3. The summed E-state index contributed by atoms with van der Waals surface area (Å²) in [5.74, 6) is -0.0404. The van der Waals surface area contributed by atoms with Gasteiger partial charge in [-0.2, -0.15) is 5.26 Å². The maximum atomic E-state index is 12.1. The van der Waals surface area contributed by atoms with Crippen molar-refractivity contribution in [3.05, 3.63) is 21.4 Å². The fourth-order valence-corrected chi connectivity index (χ4v) is 3.38. The van der Waals surface area contributed by atoms with Crippen LogP contribution in [-0.2, 0) is 12.8 Å². The number of amides is 1. The Morgan fingerprint density at radius 2 is 2.16 bits per heavy atom. The normalized spacial score (nSPS) is 15.2. The summed E-state index contributed by atoms with van der Waals surface area (Å²) in [5.41, 5.74) is 0.844. The van der Waals surface area contributed by atoms with Gasteiger partial charge in [0.1, 0.15) is 0 Å². The van der Waals surface area contributed by atoms with Crippen LogP contribution >= 0.6 is 11.3 Å². The van der Waals surface area contributed by atoms with E-state index in [0.29, 0.717) is 6.54 Å². The molecule has 1 aliphatic carbocycles. The minimum absolute atomic E-state index is 0.0404. The molecular formula is C15H20N2OS. The van der Waals surface area contributed by atoms with Crippen molar-refractivity contribution >= 4 is 17.2 Å². The third kappa shape index (κ3) is 3.57. The highest BCUT2D eigenvalue weighted by atomic mass is 32.1. The Labute approximate surface area is 118 Å². The number of nitriles is 1. The van der Waals surface area contributed by atoms with Gasteiger partial charge in [-0.25, -0.2) is 0 Å². The molecule has 1 amide bonds. The maximum absolute atomic E-state index is 12.1. The lowest BCUT2D eigenvalue weighted by atomic mass is 9.96. The molecule has 0 saturated carbocycles. The lowest BCUT2D eigenvalue weighted by molar-refractivity contribution is 0.0948. The monoisotopic (exact) mass is 276 g/mol. The lowest BCUT2D eigenvalue weighted by Gasteiger charge is -2.15. The van der Waals surface area contributed by atoms with E-state index in [2.05, 4.69) is 11.4 Å². The number of hydrogen-bond donors (Lipinski definition) is 1. The molecule has 1 aliphatic rings. The van der Waals surface area contributed by atoms with Crippen LogP contribution in [0.15, 0.2) is 6.07 Å². The molecule has 4 heteroatoms. The summed E-state index contributed by atoms with van der Waals surface area (Å²) in [6.07, 6.45) is 5.96. The van der Waals surface area contributed by atoms with Crippen LogP contribution < -0.4 is 5.32 Å². The van der Waals surface area contributed by atoms with E-state index >= 15 is 0 Å². The second-order valence-corrected chi connectivity index (χ2v) is 6.93. The average molecular weight is 276 g/mol. The van der Waals surface area contributed by atoms with E-state index in [1.165, 1.54) is 29.7 Å². The van der Waals surface area contributed by atoms with Gasteiger partial charge in [0.05, 0.1) is 16.4 Å². The molecule has 0 aromatic carbocycles. The van der Waals surface area contributed by atoms with Crippen LogP contribution in [0, 0.1) is 16.7 Å². The van der Waals surface area contributed by atoms with Crippen LogP contribution in [-0.4, -0.2) is 12.5 Å². The van der Waals surface area contributed by atoms with Gasteiger partial charge in [0.15, 0.2) is 0 Å². The third-order valence-electron chi connectivity index (χ3n) is 3.46. The minimum Gasteiger partial charge on any atom is -0.350 e. The molecule has 0 saturated heterocycles. The van der Waals surface area contributed by atoms with E-state index in [0.717, 1.165) is 17.7 Å². The van der Waals surface area contributed by atoms with Crippen LogP contribution in [0.25, 0.3) is 0 Å². The number of nitrogens with zero attached hydrogens (tertiary/aromatic N) is 1. The third-order valence-corrected chi connectivity index (χ3v) is 4.70. The van der Waals surface area contributed by atoms with Crippen LogP contribution in [0.5, 0.6) is 0 Å². The summed E-state index contributed by atoms with van der Waals surface area (Å²) in [7, 11) is 0. The highest BCUT2D eigenvalue weighted by Gasteiger charge is 2.20. The first-order chi connectivity index (χ1) is 9.02. The number of nitrogens with one attached hydrogen (secondary N) is 1. The zero-order chi connectivity index (χ0) is 13.9. The van der Waals surface area contributed by atoms with Gasteiger partial charge in [-0.05, 0) is 51.2 Å². The van der Waals surface area contributed by atoms with Crippen molar-refractivity contribution in [3.8, 4) is 6.07 Å². The summed E-state index contributed by atoms with van der Waals surface area (Å²) in [6, 6.07) is 4.24.